The van der Waals surface area contributed by atoms with Crippen molar-refractivity contribution in [2.45, 2.75) is 6.92 Å². The van der Waals surface area contributed by atoms with Crippen LogP contribution in [-0.4, -0.2) is 5.43 Å². The van der Waals surface area contributed by atoms with Crippen LogP contribution in [0.25, 0.3) is 11.0 Å². The number of benzene rings is 1. The van der Waals surface area contributed by atoms with Crippen molar-refractivity contribution in [2.24, 2.45) is 0 Å². The monoisotopic (exact) mass is 238 g/mol. The van der Waals surface area contributed by atoms with E-state index in [0.717, 1.165) is 10.9 Å². The fourth-order valence-corrected chi connectivity index (χ4v) is 1.55. The van der Waals surface area contributed by atoms with E-state index >= 15 is 0 Å². The summed E-state index contributed by atoms with van der Waals surface area (Å²) in [6.45, 7) is 1.80. The molecule has 5 heteroatoms. The molecular formula is C11H7ClO4. The fourth-order valence-electron chi connectivity index (χ4n) is 1.46. The Labute approximate surface area is 95.4 Å². The number of ether oxygens (including phenoxy) is 1. The number of carbonyl (C=O) groups is 1. The summed E-state index contributed by atoms with van der Waals surface area (Å²) < 4.78 is 9.64. The van der Waals surface area contributed by atoms with Crippen molar-refractivity contribution in [2.75, 3.05) is 0 Å². The maximum Gasteiger partial charge on any atom is 0.409 e. The first-order valence-electron chi connectivity index (χ1n) is 4.48. The Morgan fingerprint density at radius 2 is 2.12 bits per heavy atom. The second-order valence-corrected chi connectivity index (χ2v) is 3.55. The Hall–Kier alpha value is -1.81. The largest absolute Gasteiger partial charge is 0.423 e. The van der Waals surface area contributed by atoms with Crippen LogP contribution in [0.1, 0.15) is 5.56 Å². The summed E-state index contributed by atoms with van der Waals surface area (Å²) in [6.07, 6.45) is 0. The predicted octanol–water partition coefficient (Wildman–Crippen LogP) is 2.84. The molecule has 0 atom stereocenters. The standard InChI is InChI=1S/C11H7ClO4/c1-6-4-10(13)16-9-5-7(15-11(12)14)2-3-8(6)9/h2-5H,1H3. The minimum absolute atomic E-state index is 0.237. The van der Waals surface area contributed by atoms with Gasteiger partial charge in [0.1, 0.15) is 11.3 Å². The number of rotatable bonds is 1. The van der Waals surface area contributed by atoms with Gasteiger partial charge in [-0.3, -0.25) is 0 Å². The Bertz CT molecular complexity index is 615. The van der Waals surface area contributed by atoms with Gasteiger partial charge in [-0.05, 0) is 24.6 Å². The molecule has 4 nitrogen and oxygen atoms in total. The van der Waals surface area contributed by atoms with Gasteiger partial charge in [-0.15, -0.1) is 0 Å². The summed E-state index contributed by atoms with van der Waals surface area (Å²) in [5, 5.41) is 0.786. The minimum Gasteiger partial charge on any atom is -0.423 e. The van der Waals surface area contributed by atoms with Crippen molar-refractivity contribution in [1.29, 1.82) is 0 Å². The molecular weight excluding hydrogens is 232 g/mol. The third-order valence-electron chi connectivity index (χ3n) is 2.12. The lowest BCUT2D eigenvalue weighted by atomic mass is 10.1. The van der Waals surface area contributed by atoms with Crippen LogP contribution >= 0.6 is 11.6 Å². The third kappa shape index (κ3) is 2.06. The zero-order valence-electron chi connectivity index (χ0n) is 8.32. The van der Waals surface area contributed by atoms with Gasteiger partial charge >= 0.3 is 11.1 Å². The highest BCUT2D eigenvalue weighted by molar-refractivity contribution is 6.61. The van der Waals surface area contributed by atoms with Gasteiger partial charge in [0.15, 0.2) is 0 Å². The quantitative estimate of drug-likeness (QED) is 0.566. The minimum atomic E-state index is -0.936. The molecule has 0 unspecified atom stereocenters. The molecule has 1 heterocycles. The molecule has 1 aromatic heterocycles. The summed E-state index contributed by atoms with van der Waals surface area (Å²) in [5.74, 6) is 0.237. The van der Waals surface area contributed by atoms with Gasteiger partial charge in [0.05, 0.1) is 0 Å². The van der Waals surface area contributed by atoms with Crippen molar-refractivity contribution in [3.63, 3.8) is 0 Å². The molecule has 0 amide bonds. The molecule has 0 bridgehead atoms. The fraction of sp³-hybridized carbons (Fsp3) is 0.0909. The van der Waals surface area contributed by atoms with Crippen molar-refractivity contribution in [3.8, 4) is 5.75 Å². The number of carbonyl (C=O) groups excluding carboxylic acids is 1. The van der Waals surface area contributed by atoms with Crippen molar-refractivity contribution < 1.29 is 13.9 Å². The molecule has 0 aliphatic carbocycles. The van der Waals surface area contributed by atoms with Crippen molar-refractivity contribution in [1.82, 2.24) is 0 Å². The second kappa shape index (κ2) is 3.98. The van der Waals surface area contributed by atoms with Crippen LogP contribution in [0.5, 0.6) is 5.75 Å². The Balaban J connectivity index is 2.61. The number of halogens is 1. The highest BCUT2D eigenvalue weighted by atomic mass is 35.5. The maximum atomic E-state index is 11.1. The van der Waals surface area contributed by atoms with Crippen LogP contribution in [0.4, 0.5) is 4.79 Å². The number of aryl methyl sites for hydroxylation is 1. The zero-order chi connectivity index (χ0) is 11.7. The van der Waals surface area contributed by atoms with E-state index in [1.54, 1.807) is 19.1 Å². The van der Waals surface area contributed by atoms with Gasteiger partial charge in [-0.1, -0.05) is 0 Å². The van der Waals surface area contributed by atoms with Gasteiger partial charge < -0.3 is 9.15 Å². The average Bonchev–Trinajstić information content (AvgIpc) is 2.15. The third-order valence-corrected chi connectivity index (χ3v) is 2.20. The molecule has 1 aromatic carbocycles. The molecule has 82 valence electrons. The van der Waals surface area contributed by atoms with E-state index in [4.69, 9.17) is 16.0 Å². The van der Waals surface area contributed by atoms with Crippen molar-refractivity contribution >= 4 is 28.0 Å². The van der Waals surface area contributed by atoms with E-state index in [1.165, 1.54) is 12.1 Å². The van der Waals surface area contributed by atoms with Crippen LogP contribution in [0.15, 0.2) is 33.5 Å². The Kier molecular flexibility index (Phi) is 2.66. The van der Waals surface area contributed by atoms with Crippen LogP contribution in [0, 0.1) is 6.92 Å². The molecule has 0 radical (unpaired) electrons. The number of fused-ring (bicyclic) bond motifs is 1. The Morgan fingerprint density at radius 1 is 1.38 bits per heavy atom. The first-order chi connectivity index (χ1) is 7.56. The zero-order valence-corrected chi connectivity index (χ0v) is 9.08. The maximum absolute atomic E-state index is 11.1. The number of hydrogen-bond donors (Lipinski definition) is 0. The molecule has 0 saturated heterocycles. The summed E-state index contributed by atoms with van der Waals surface area (Å²) in [4.78, 5) is 21.7. The predicted molar refractivity (Wildman–Crippen MR) is 59.1 cm³/mol. The summed E-state index contributed by atoms with van der Waals surface area (Å²) in [5.41, 5.74) is -0.218. The summed E-state index contributed by atoms with van der Waals surface area (Å²) in [7, 11) is 0. The van der Waals surface area contributed by atoms with Gasteiger partial charge in [-0.2, -0.15) is 0 Å². The molecule has 0 aliphatic rings. The van der Waals surface area contributed by atoms with Gasteiger partial charge in [0, 0.05) is 29.1 Å². The highest BCUT2D eigenvalue weighted by Gasteiger charge is 2.05. The molecule has 2 aromatic rings. The lowest BCUT2D eigenvalue weighted by Crippen LogP contribution is -1.99. The second-order valence-electron chi connectivity index (χ2n) is 3.25. The van der Waals surface area contributed by atoms with Gasteiger partial charge in [0.2, 0.25) is 0 Å². The van der Waals surface area contributed by atoms with E-state index < -0.39 is 11.1 Å². The van der Waals surface area contributed by atoms with Crippen LogP contribution in [0.2, 0.25) is 0 Å². The highest BCUT2D eigenvalue weighted by Crippen LogP contribution is 2.22. The van der Waals surface area contributed by atoms with Crippen LogP contribution in [-0.2, 0) is 0 Å². The lowest BCUT2D eigenvalue weighted by molar-refractivity contribution is 0.225. The average molecular weight is 239 g/mol. The topological polar surface area (TPSA) is 56.5 Å². The molecule has 0 spiro atoms. The first-order valence-corrected chi connectivity index (χ1v) is 4.86. The normalized spacial score (nSPS) is 10.4. The van der Waals surface area contributed by atoms with E-state index in [-0.39, 0.29) is 5.75 Å². The van der Waals surface area contributed by atoms with Gasteiger partial charge in [0.25, 0.3) is 0 Å². The van der Waals surface area contributed by atoms with Crippen LogP contribution < -0.4 is 10.4 Å². The molecule has 2 rings (SSSR count). The van der Waals surface area contributed by atoms with E-state index in [9.17, 15) is 9.59 Å². The molecule has 0 aliphatic heterocycles. The van der Waals surface area contributed by atoms with Crippen molar-refractivity contribution in [3.05, 3.63) is 40.2 Å². The lowest BCUT2D eigenvalue weighted by Gasteiger charge is -2.03. The Morgan fingerprint density at radius 3 is 2.81 bits per heavy atom. The van der Waals surface area contributed by atoms with E-state index in [1.807, 2.05) is 0 Å². The number of hydrogen-bond acceptors (Lipinski definition) is 4. The van der Waals surface area contributed by atoms with E-state index in [2.05, 4.69) is 4.74 Å². The van der Waals surface area contributed by atoms with E-state index in [0.29, 0.717) is 5.58 Å². The molecule has 0 N–H and O–H groups in total. The van der Waals surface area contributed by atoms with Crippen LogP contribution in [0.3, 0.4) is 0 Å². The van der Waals surface area contributed by atoms with Gasteiger partial charge in [-0.25, -0.2) is 9.59 Å². The smallest absolute Gasteiger partial charge is 0.409 e. The molecule has 0 saturated carbocycles. The SMILES string of the molecule is Cc1cc(=O)oc2cc(OC(=O)Cl)ccc12. The molecule has 16 heavy (non-hydrogen) atoms. The summed E-state index contributed by atoms with van der Waals surface area (Å²) >= 11 is 5.07. The molecule has 0 fully saturated rings. The summed E-state index contributed by atoms with van der Waals surface area (Å²) in [6, 6.07) is 6.12. The first kappa shape index (κ1) is 10.7.